The van der Waals surface area contributed by atoms with E-state index in [0.717, 1.165) is 16.6 Å². The maximum absolute atomic E-state index is 5.76. The third-order valence-electron chi connectivity index (χ3n) is 2.14. The highest BCUT2D eigenvalue weighted by molar-refractivity contribution is 6.29. The second kappa shape index (κ2) is 3.39. The predicted molar refractivity (Wildman–Crippen MR) is 61.3 cm³/mol. The van der Waals surface area contributed by atoms with Gasteiger partial charge in [-0.25, -0.2) is 0 Å². The lowest BCUT2D eigenvalue weighted by molar-refractivity contribution is 0.854. The van der Waals surface area contributed by atoms with Crippen molar-refractivity contribution in [3.05, 3.63) is 42.1 Å². The minimum atomic E-state index is 0.616. The summed E-state index contributed by atoms with van der Waals surface area (Å²) in [6.45, 7) is 4.29. The molecular weight excluding hydrogens is 196 g/mol. The summed E-state index contributed by atoms with van der Waals surface area (Å²) < 4.78 is 2.03. The second-order valence-electron chi connectivity index (χ2n) is 3.28. The number of anilines is 1. The number of nitrogens with two attached hydrogens (primary N) is 1. The molecule has 0 unspecified atom stereocenters. The molecule has 2 nitrogen and oxygen atoms in total. The largest absolute Gasteiger partial charge is 0.399 e. The summed E-state index contributed by atoms with van der Waals surface area (Å²) in [5.74, 6) is 0. The summed E-state index contributed by atoms with van der Waals surface area (Å²) in [6, 6.07) is 7.87. The van der Waals surface area contributed by atoms with Crippen molar-refractivity contribution in [3.63, 3.8) is 0 Å². The Morgan fingerprint density at radius 1 is 1.43 bits per heavy atom. The van der Waals surface area contributed by atoms with Gasteiger partial charge in [0.25, 0.3) is 0 Å². The van der Waals surface area contributed by atoms with Crippen LogP contribution in [0.15, 0.2) is 42.1 Å². The maximum Gasteiger partial charge on any atom is 0.0577 e. The van der Waals surface area contributed by atoms with Gasteiger partial charge >= 0.3 is 0 Å². The molecule has 1 aromatic carbocycles. The Kier molecular flexibility index (Phi) is 2.22. The van der Waals surface area contributed by atoms with Gasteiger partial charge in [0.15, 0.2) is 0 Å². The maximum atomic E-state index is 5.76. The number of nitrogen functional groups attached to an aromatic ring is 1. The molecule has 0 bridgehead atoms. The number of aromatic nitrogens is 1. The monoisotopic (exact) mass is 206 g/mol. The van der Waals surface area contributed by atoms with E-state index >= 15 is 0 Å². The molecule has 0 amide bonds. The molecule has 0 fully saturated rings. The molecule has 0 saturated carbocycles. The number of hydrogen-bond donors (Lipinski definition) is 1. The molecule has 2 N–H and O–H groups in total. The van der Waals surface area contributed by atoms with E-state index in [0.29, 0.717) is 11.6 Å². The van der Waals surface area contributed by atoms with E-state index < -0.39 is 0 Å². The Morgan fingerprint density at radius 2 is 2.21 bits per heavy atom. The van der Waals surface area contributed by atoms with Crippen molar-refractivity contribution in [2.75, 3.05) is 5.73 Å². The molecular formula is C11H11ClN2. The van der Waals surface area contributed by atoms with Crippen LogP contribution in [-0.4, -0.2) is 4.57 Å². The van der Waals surface area contributed by atoms with Crippen LogP contribution in [0.4, 0.5) is 5.69 Å². The van der Waals surface area contributed by atoms with Gasteiger partial charge < -0.3 is 10.3 Å². The number of hydrogen-bond acceptors (Lipinski definition) is 1. The number of halogens is 1. The van der Waals surface area contributed by atoms with Gasteiger partial charge in [0, 0.05) is 16.9 Å². The molecule has 14 heavy (non-hydrogen) atoms. The Balaban J connectivity index is 2.55. The first-order valence-electron chi connectivity index (χ1n) is 4.34. The number of allylic oxidation sites excluding steroid dienone is 1. The van der Waals surface area contributed by atoms with Crippen LogP contribution < -0.4 is 5.73 Å². The Bertz CT molecular complexity index is 485. The Labute approximate surface area is 87.6 Å². The third-order valence-corrected chi connectivity index (χ3v) is 2.26. The molecule has 0 aliphatic rings. The summed E-state index contributed by atoms with van der Waals surface area (Å²) in [5, 5.41) is 1.78. The van der Waals surface area contributed by atoms with E-state index in [1.165, 1.54) is 0 Å². The van der Waals surface area contributed by atoms with Gasteiger partial charge in [-0.05, 0) is 23.6 Å². The lowest BCUT2D eigenvalue weighted by atomic mass is 10.2. The van der Waals surface area contributed by atoms with Gasteiger partial charge in [0.05, 0.1) is 12.1 Å². The standard InChI is InChI=1S/C11H11ClN2/c1-8(12)7-14-5-4-9-2-3-10(13)6-11(9)14/h2-6H,1,7,13H2. The number of fused-ring (bicyclic) bond motifs is 1. The van der Waals surface area contributed by atoms with Crippen LogP contribution in [0.2, 0.25) is 0 Å². The fraction of sp³-hybridized carbons (Fsp3) is 0.0909. The molecule has 0 aliphatic heterocycles. The van der Waals surface area contributed by atoms with Crippen molar-refractivity contribution in [1.82, 2.24) is 4.57 Å². The Hall–Kier alpha value is -1.41. The van der Waals surface area contributed by atoms with Gasteiger partial charge in [-0.2, -0.15) is 0 Å². The summed E-state index contributed by atoms with van der Waals surface area (Å²) in [7, 11) is 0. The zero-order chi connectivity index (χ0) is 10.1. The smallest absolute Gasteiger partial charge is 0.0577 e. The van der Waals surface area contributed by atoms with Gasteiger partial charge in [-0.1, -0.05) is 24.2 Å². The zero-order valence-corrected chi connectivity index (χ0v) is 8.46. The summed E-state index contributed by atoms with van der Waals surface area (Å²) in [4.78, 5) is 0. The van der Waals surface area contributed by atoms with E-state index in [1.54, 1.807) is 0 Å². The molecule has 0 spiro atoms. The minimum absolute atomic E-state index is 0.616. The van der Waals surface area contributed by atoms with E-state index in [1.807, 2.05) is 35.0 Å². The average Bonchev–Trinajstić information content (AvgIpc) is 2.47. The number of rotatable bonds is 2. The van der Waals surface area contributed by atoms with Gasteiger partial charge in [-0.3, -0.25) is 0 Å². The molecule has 2 aromatic rings. The van der Waals surface area contributed by atoms with Gasteiger partial charge in [0.1, 0.15) is 0 Å². The molecule has 0 atom stereocenters. The van der Waals surface area contributed by atoms with Crippen molar-refractivity contribution in [3.8, 4) is 0 Å². The molecule has 0 saturated heterocycles. The first-order valence-corrected chi connectivity index (χ1v) is 4.72. The van der Waals surface area contributed by atoms with E-state index in [9.17, 15) is 0 Å². The van der Waals surface area contributed by atoms with E-state index in [2.05, 4.69) is 6.58 Å². The van der Waals surface area contributed by atoms with E-state index in [-0.39, 0.29) is 0 Å². The quantitative estimate of drug-likeness (QED) is 0.753. The highest BCUT2D eigenvalue weighted by Crippen LogP contribution is 2.20. The van der Waals surface area contributed by atoms with Crippen LogP contribution in [0.1, 0.15) is 0 Å². The van der Waals surface area contributed by atoms with Crippen LogP contribution in [0.3, 0.4) is 0 Å². The minimum Gasteiger partial charge on any atom is -0.399 e. The van der Waals surface area contributed by atoms with Crippen molar-refractivity contribution in [2.45, 2.75) is 6.54 Å². The van der Waals surface area contributed by atoms with Crippen LogP contribution in [-0.2, 0) is 6.54 Å². The zero-order valence-electron chi connectivity index (χ0n) is 7.70. The highest BCUT2D eigenvalue weighted by atomic mass is 35.5. The molecule has 72 valence electrons. The first-order chi connectivity index (χ1) is 6.66. The fourth-order valence-electron chi connectivity index (χ4n) is 1.52. The molecule has 1 aromatic heterocycles. The normalized spacial score (nSPS) is 10.6. The first kappa shape index (κ1) is 9.16. The van der Waals surface area contributed by atoms with Gasteiger partial charge in [-0.15, -0.1) is 0 Å². The van der Waals surface area contributed by atoms with Crippen LogP contribution >= 0.6 is 11.6 Å². The fourth-order valence-corrected chi connectivity index (χ4v) is 1.65. The van der Waals surface area contributed by atoms with Crippen LogP contribution in [0.25, 0.3) is 10.9 Å². The van der Waals surface area contributed by atoms with Crippen LogP contribution in [0, 0.1) is 0 Å². The van der Waals surface area contributed by atoms with Gasteiger partial charge in [0.2, 0.25) is 0 Å². The average molecular weight is 207 g/mol. The highest BCUT2D eigenvalue weighted by Gasteiger charge is 2.01. The summed E-state index contributed by atoms with van der Waals surface area (Å²) in [5.41, 5.74) is 7.57. The number of nitrogens with zero attached hydrogens (tertiary/aromatic N) is 1. The lowest BCUT2D eigenvalue weighted by Crippen LogP contribution is -1.95. The second-order valence-corrected chi connectivity index (χ2v) is 3.81. The van der Waals surface area contributed by atoms with Crippen LogP contribution in [0.5, 0.6) is 0 Å². The molecule has 2 rings (SSSR count). The molecule has 0 radical (unpaired) electrons. The molecule has 3 heteroatoms. The van der Waals surface area contributed by atoms with E-state index in [4.69, 9.17) is 17.3 Å². The topological polar surface area (TPSA) is 30.9 Å². The summed E-state index contributed by atoms with van der Waals surface area (Å²) >= 11 is 5.76. The van der Waals surface area contributed by atoms with Crippen molar-refractivity contribution in [1.29, 1.82) is 0 Å². The Morgan fingerprint density at radius 3 is 2.93 bits per heavy atom. The SMILES string of the molecule is C=C(Cl)Cn1ccc2ccc(N)cc21. The predicted octanol–water partition coefficient (Wildman–Crippen LogP) is 2.98. The summed E-state index contributed by atoms with van der Waals surface area (Å²) in [6.07, 6.45) is 1.98. The van der Waals surface area contributed by atoms with Crippen molar-refractivity contribution in [2.24, 2.45) is 0 Å². The molecule has 1 heterocycles. The number of benzene rings is 1. The third kappa shape index (κ3) is 1.61. The molecule has 0 aliphatic carbocycles. The van der Waals surface area contributed by atoms with Crippen molar-refractivity contribution >= 4 is 28.2 Å². The lowest BCUT2D eigenvalue weighted by Gasteiger charge is -2.03. The van der Waals surface area contributed by atoms with Crippen molar-refractivity contribution < 1.29 is 0 Å².